The Labute approximate surface area is 187 Å². The molecular weight excluding hydrogens is 430 g/mol. The van der Waals surface area contributed by atoms with Crippen LogP contribution in [-0.4, -0.2) is 68.0 Å². The minimum atomic E-state index is -3.60. The number of benzene rings is 1. The predicted molar refractivity (Wildman–Crippen MR) is 121 cm³/mol. The lowest BCUT2D eigenvalue weighted by Gasteiger charge is -2.26. The van der Waals surface area contributed by atoms with Gasteiger partial charge in [0.15, 0.2) is 0 Å². The smallest absolute Gasteiger partial charge is 0.275 e. The zero-order valence-electron chi connectivity index (χ0n) is 18.0. The van der Waals surface area contributed by atoms with Crippen LogP contribution in [0.15, 0.2) is 53.6 Å². The Morgan fingerprint density at radius 3 is 2.59 bits per heavy atom. The predicted octanol–water partition coefficient (Wildman–Crippen LogP) is 1.90. The minimum absolute atomic E-state index is 0.158. The third-order valence-electron chi connectivity index (χ3n) is 5.40. The summed E-state index contributed by atoms with van der Waals surface area (Å²) in [5, 5.41) is 2.76. The topological polar surface area (TPSA) is 105 Å². The molecule has 1 aliphatic rings. The van der Waals surface area contributed by atoms with Crippen molar-refractivity contribution in [3.8, 4) is 0 Å². The molecule has 1 amide bonds. The van der Waals surface area contributed by atoms with Crippen LogP contribution in [0.4, 0.5) is 5.69 Å². The number of rotatable bonds is 8. The van der Waals surface area contributed by atoms with Crippen molar-refractivity contribution < 1.29 is 17.9 Å². The summed E-state index contributed by atoms with van der Waals surface area (Å²) in [5.41, 5.74) is 2.45. The molecule has 170 valence electrons. The number of ether oxygens (including phenoxy) is 1. The van der Waals surface area contributed by atoms with Gasteiger partial charge < -0.3 is 14.5 Å². The molecule has 0 spiro atoms. The first-order valence-corrected chi connectivity index (χ1v) is 12.1. The highest BCUT2D eigenvalue weighted by Crippen LogP contribution is 2.16. The molecule has 3 aromatic rings. The molecule has 1 saturated heterocycles. The van der Waals surface area contributed by atoms with Crippen LogP contribution in [0.1, 0.15) is 22.6 Å². The van der Waals surface area contributed by atoms with Crippen molar-refractivity contribution in [2.75, 3.05) is 44.7 Å². The maximum Gasteiger partial charge on any atom is 0.275 e. The van der Waals surface area contributed by atoms with E-state index in [1.165, 1.54) is 12.1 Å². The normalized spacial score (nSPS) is 15.2. The van der Waals surface area contributed by atoms with Gasteiger partial charge in [-0.3, -0.25) is 9.69 Å². The second-order valence-corrected chi connectivity index (χ2v) is 9.47. The molecule has 0 atom stereocenters. The maximum absolute atomic E-state index is 12.6. The van der Waals surface area contributed by atoms with Gasteiger partial charge in [0.2, 0.25) is 10.0 Å². The molecule has 9 nitrogen and oxygen atoms in total. The molecule has 0 bridgehead atoms. The molecular formula is C22H27N5O4S. The van der Waals surface area contributed by atoms with Gasteiger partial charge in [-0.2, -0.15) is 0 Å². The lowest BCUT2D eigenvalue weighted by atomic mass is 10.3. The van der Waals surface area contributed by atoms with E-state index in [-0.39, 0.29) is 16.5 Å². The number of aromatic nitrogens is 2. The van der Waals surface area contributed by atoms with E-state index in [2.05, 4.69) is 19.9 Å². The Balaban J connectivity index is 1.32. The number of carbonyl (C=O) groups is 1. The van der Waals surface area contributed by atoms with Gasteiger partial charge in [0.05, 0.1) is 18.1 Å². The number of pyridine rings is 1. The molecule has 1 aliphatic heterocycles. The zero-order chi connectivity index (χ0) is 22.6. The molecule has 3 heterocycles. The Morgan fingerprint density at radius 2 is 1.88 bits per heavy atom. The summed E-state index contributed by atoms with van der Waals surface area (Å²) >= 11 is 0. The third kappa shape index (κ3) is 5.33. The lowest BCUT2D eigenvalue weighted by molar-refractivity contribution is 0.0376. The SMILES string of the molecule is Cc1cccc2nc(C(=O)Nc3ccc(S(=O)(=O)NCCCN4CCOCC4)cc3)cn12. The van der Waals surface area contributed by atoms with E-state index in [4.69, 9.17) is 4.74 Å². The number of amides is 1. The van der Waals surface area contributed by atoms with Crippen molar-refractivity contribution in [3.05, 3.63) is 60.0 Å². The number of morpholine rings is 1. The van der Waals surface area contributed by atoms with E-state index in [1.807, 2.05) is 29.5 Å². The number of nitrogens with one attached hydrogen (secondary N) is 2. The van der Waals surface area contributed by atoms with Crippen molar-refractivity contribution in [3.63, 3.8) is 0 Å². The number of fused-ring (bicyclic) bond motifs is 1. The van der Waals surface area contributed by atoms with Crippen LogP contribution in [0.3, 0.4) is 0 Å². The van der Waals surface area contributed by atoms with Crippen LogP contribution >= 0.6 is 0 Å². The molecule has 32 heavy (non-hydrogen) atoms. The number of hydrogen-bond donors (Lipinski definition) is 2. The van der Waals surface area contributed by atoms with Crippen molar-refractivity contribution in [1.82, 2.24) is 19.0 Å². The number of aryl methyl sites for hydroxylation is 1. The van der Waals surface area contributed by atoms with E-state index in [0.717, 1.165) is 45.0 Å². The molecule has 0 saturated carbocycles. The molecule has 4 rings (SSSR count). The molecule has 0 aliphatic carbocycles. The Hall–Kier alpha value is -2.79. The largest absolute Gasteiger partial charge is 0.379 e. The number of carbonyl (C=O) groups excluding carboxylic acids is 1. The van der Waals surface area contributed by atoms with E-state index in [1.54, 1.807) is 18.3 Å². The van der Waals surface area contributed by atoms with Gasteiger partial charge in [-0.25, -0.2) is 18.1 Å². The molecule has 0 radical (unpaired) electrons. The van der Waals surface area contributed by atoms with Crippen LogP contribution in [0.5, 0.6) is 0 Å². The summed E-state index contributed by atoms with van der Waals surface area (Å²) in [6.45, 7) is 6.36. The van der Waals surface area contributed by atoms with Gasteiger partial charge >= 0.3 is 0 Å². The van der Waals surface area contributed by atoms with Crippen LogP contribution in [0.2, 0.25) is 0 Å². The van der Waals surface area contributed by atoms with Crippen molar-refractivity contribution in [2.45, 2.75) is 18.2 Å². The van der Waals surface area contributed by atoms with Gasteiger partial charge in [0.1, 0.15) is 11.3 Å². The maximum atomic E-state index is 12.6. The van der Waals surface area contributed by atoms with Crippen molar-refractivity contribution in [2.24, 2.45) is 0 Å². The number of nitrogens with zero attached hydrogens (tertiary/aromatic N) is 3. The van der Waals surface area contributed by atoms with Crippen molar-refractivity contribution >= 4 is 27.3 Å². The fourth-order valence-corrected chi connectivity index (χ4v) is 4.66. The summed E-state index contributed by atoms with van der Waals surface area (Å²) in [6.07, 6.45) is 2.41. The molecule has 1 aromatic carbocycles. The average Bonchev–Trinajstić information content (AvgIpc) is 3.24. The van der Waals surface area contributed by atoms with Gasteiger partial charge in [0.25, 0.3) is 5.91 Å². The van der Waals surface area contributed by atoms with Gasteiger partial charge in [-0.05, 0) is 56.3 Å². The zero-order valence-corrected chi connectivity index (χ0v) is 18.8. The van der Waals surface area contributed by atoms with Crippen LogP contribution in [0.25, 0.3) is 5.65 Å². The van der Waals surface area contributed by atoms with Crippen LogP contribution < -0.4 is 10.0 Å². The Kier molecular flexibility index (Phi) is 6.85. The van der Waals surface area contributed by atoms with Crippen molar-refractivity contribution in [1.29, 1.82) is 0 Å². The highest BCUT2D eigenvalue weighted by atomic mass is 32.2. The van der Waals surface area contributed by atoms with Gasteiger partial charge in [0, 0.05) is 37.2 Å². The van der Waals surface area contributed by atoms with Crippen LogP contribution in [0, 0.1) is 6.92 Å². The van der Waals surface area contributed by atoms with Crippen LogP contribution in [-0.2, 0) is 14.8 Å². The minimum Gasteiger partial charge on any atom is -0.379 e. The van der Waals surface area contributed by atoms with E-state index >= 15 is 0 Å². The second kappa shape index (κ2) is 9.78. The first-order chi connectivity index (χ1) is 15.4. The van der Waals surface area contributed by atoms with Gasteiger partial charge in [-0.1, -0.05) is 6.07 Å². The highest BCUT2D eigenvalue weighted by Gasteiger charge is 2.16. The molecule has 2 N–H and O–H groups in total. The fourth-order valence-electron chi connectivity index (χ4n) is 3.59. The molecule has 0 unspecified atom stereocenters. The number of imidazole rings is 1. The molecule has 1 fully saturated rings. The molecule has 10 heteroatoms. The Morgan fingerprint density at radius 1 is 1.12 bits per heavy atom. The summed E-state index contributed by atoms with van der Waals surface area (Å²) in [5.74, 6) is -0.357. The number of sulfonamides is 1. The second-order valence-electron chi connectivity index (χ2n) is 7.71. The summed E-state index contributed by atoms with van der Waals surface area (Å²) in [7, 11) is -3.60. The third-order valence-corrected chi connectivity index (χ3v) is 6.87. The number of anilines is 1. The summed E-state index contributed by atoms with van der Waals surface area (Å²) in [6, 6.07) is 11.8. The lowest BCUT2D eigenvalue weighted by Crippen LogP contribution is -2.38. The van der Waals surface area contributed by atoms with Gasteiger partial charge in [-0.15, -0.1) is 0 Å². The van der Waals surface area contributed by atoms with E-state index < -0.39 is 10.0 Å². The first kappa shape index (κ1) is 22.4. The summed E-state index contributed by atoms with van der Waals surface area (Å²) < 4.78 is 34.8. The molecule has 2 aromatic heterocycles. The highest BCUT2D eigenvalue weighted by molar-refractivity contribution is 7.89. The monoisotopic (exact) mass is 457 g/mol. The first-order valence-electron chi connectivity index (χ1n) is 10.6. The standard InChI is InChI=1S/C22H27N5O4S/c1-17-4-2-5-21-25-20(16-27(17)21)22(28)24-18-6-8-19(9-7-18)32(29,30)23-10-3-11-26-12-14-31-15-13-26/h2,4-9,16,23H,3,10-15H2,1H3,(H,24,28). The average molecular weight is 458 g/mol. The summed E-state index contributed by atoms with van der Waals surface area (Å²) in [4.78, 5) is 19.3. The van der Waals surface area contributed by atoms with E-state index in [9.17, 15) is 13.2 Å². The van der Waals surface area contributed by atoms with E-state index in [0.29, 0.717) is 17.9 Å². The quantitative estimate of drug-likeness (QED) is 0.501. The fraction of sp³-hybridized carbons (Fsp3) is 0.364. The number of hydrogen-bond acceptors (Lipinski definition) is 6. The Bertz CT molecular complexity index is 1180.